The molecule has 32 heavy (non-hydrogen) atoms. The largest absolute Gasteiger partial charge is 0.339 e. The van der Waals surface area contributed by atoms with Crippen LogP contribution in [0.4, 0.5) is 14.5 Å². The minimum Gasteiger partial charge on any atom is -0.339 e. The summed E-state index contributed by atoms with van der Waals surface area (Å²) in [4.78, 5) is 20.6. The van der Waals surface area contributed by atoms with Crippen LogP contribution in [0, 0.1) is 18.6 Å². The van der Waals surface area contributed by atoms with Crippen molar-refractivity contribution in [2.75, 3.05) is 5.32 Å². The quantitative estimate of drug-likeness (QED) is 0.291. The molecule has 0 aliphatic heterocycles. The molecule has 0 saturated carbocycles. The molecule has 2 rings (SSSR count). The predicted molar refractivity (Wildman–Crippen MR) is 130 cm³/mol. The van der Waals surface area contributed by atoms with E-state index >= 15 is 0 Å². The summed E-state index contributed by atoms with van der Waals surface area (Å²) in [5, 5.41) is 3.24. The van der Waals surface area contributed by atoms with Gasteiger partial charge in [0.15, 0.2) is 23.3 Å². The van der Waals surface area contributed by atoms with Crippen LogP contribution < -0.4 is 5.32 Å². The van der Waals surface area contributed by atoms with Gasteiger partial charge in [0.25, 0.3) is 0 Å². The fourth-order valence-corrected chi connectivity index (χ4v) is 3.08. The molecule has 0 aliphatic carbocycles. The Morgan fingerprint density at radius 2 is 1.72 bits per heavy atom. The van der Waals surface area contributed by atoms with Crippen LogP contribution in [0.25, 0.3) is 5.57 Å². The minimum absolute atomic E-state index is 0.0225. The molecule has 168 valence electrons. The Labute approximate surface area is 188 Å². The van der Waals surface area contributed by atoms with Crippen molar-refractivity contribution in [2.24, 2.45) is 9.98 Å². The molecule has 2 aromatic rings. The van der Waals surface area contributed by atoms with Gasteiger partial charge < -0.3 is 5.32 Å². The summed E-state index contributed by atoms with van der Waals surface area (Å²) >= 11 is 0. The molecule has 0 radical (unpaired) electrons. The lowest BCUT2D eigenvalue weighted by Crippen LogP contribution is -2.20. The van der Waals surface area contributed by atoms with Gasteiger partial charge in [-0.15, -0.1) is 0 Å². The highest BCUT2D eigenvalue weighted by molar-refractivity contribution is 6.45. The number of allylic oxidation sites excluding steroid dienone is 2. The number of Topliss-reactive ketones (excluding diaryl/α,β-unsaturated/α-hetero) is 1. The van der Waals surface area contributed by atoms with Crippen molar-refractivity contribution in [2.45, 2.75) is 48.0 Å². The smallest absolute Gasteiger partial charge is 0.166 e. The summed E-state index contributed by atoms with van der Waals surface area (Å²) in [5.41, 5.74) is 3.88. The Balaban J connectivity index is 2.37. The molecule has 0 spiro atoms. The molecule has 0 saturated heterocycles. The van der Waals surface area contributed by atoms with Gasteiger partial charge in [-0.05, 0) is 75.9 Å². The van der Waals surface area contributed by atoms with E-state index in [0.29, 0.717) is 22.7 Å². The lowest BCUT2D eigenvalue weighted by molar-refractivity contribution is 0.101. The van der Waals surface area contributed by atoms with Gasteiger partial charge in [-0.2, -0.15) is 0 Å². The number of aryl methyl sites for hydroxylation is 2. The van der Waals surface area contributed by atoms with Gasteiger partial charge in [0.2, 0.25) is 0 Å². The highest BCUT2D eigenvalue weighted by Crippen LogP contribution is 2.22. The third kappa shape index (κ3) is 6.06. The molecule has 0 bridgehead atoms. The second-order valence-electron chi connectivity index (χ2n) is 7.45. The molecule has 0 amide bonds. The average Bonchev–Trinajstić information content (AvgIpc) is 2.78. The van der Waals surface area contributed by atoms with Gasteiger partial charge in [0.1, 0.15) is 0 Å². The zero-order chi connectivity index (χ0) is 23.8. The molecule has 4 nitrogen and oxygen atoms in total. The van der Waals surface area contributed by atoms with E-state index in [0.717, 1.165) is 17.7 Å². The van der Waals surface area contributed by atoms with Crippen LogP contribution in [0.5, 0.6) is 0 Å². The zero-order valence-corrected chi connectivity index (χ0v) is 19.4. The van der Waals surface area contributed by atoms with Gasteiger partial charge in [0.05, 0.1) is 5.71 Å². The number of hydrogen-bond donors (Lipinski definition) is 1. The lowest BCUT2D eigenvalue weighted by atomic mass is 10.0. The first-order chi connectivity index (χ1) is 15.2. The summed E-state index contributed by atoms with van der Waals surface area (Å²) in [6.07, 6.45) is 5.64. The number of ketones is 1. The fraction of sp³-hybridized carbons (Fsp3) is 0.269. The van der Waals surface area contributed by atoms with Crippen molar-refractivity contribution in [3.05, 3.63) is 82.7 Å². The van der Waals surface area contributed by atoms with E-state index in [1.54, 1.807) is 45.2 Å². The second kappa shape index (κ2) is 11.3. The third-order valence-corrected chi connectivity index (χ3v) is 4.98. The maximum Gasteiger partial charge on any atom is 0.166 e. The SMILES string of the molecule is C/C=C\N=C(Nc1ccc(C(C)=O)c(CC)c1)C(C)=N/C=C(\C)c1ccc(C)c(F)c1F. The highest BCUT2D eigenvalue weighted by Gasteiger charge is 2.12. The zero-order valence-electron chi connectivity index (χ0n) is 19.4. The number of nitrogens with one attached hydrogen (secondary N) is 1. The van der Waals surface area contributed by atoms with E-state index in [-0.39, 0.29) is 16.9 Å². The van der Waals surface area contributed by atoms with Crippen molar-refractivity contribution in [1.29, 1.82) is 0 Å². The van der Waals surface area contributed by atoms with Gasteiger partial charge in [-0.25, -0.2) is 13.8 Å². The van der Waals surface area contributed by atoms with E-state index in [2.05, 4.69) is 15.3 Å². The Bertz CT molecular complexity index is 1130. The molecule has 2 aromatic carbocycles. The van der Waals surface area contributed by atoms with E-state index in [9.17, 15) is 13.6 Å². The van der Waals surface area contributed by atoms with Crippen LogP contribution in [-0.2, 0) is 6.42 Å². The van der Waals surface area contributed by atoms with Crippen LogP contribution in [0.1, 0.15) is 61.7 Å². The first-order valence-corrected chi connectivity index (χ1v) is 10.5. The number of aliphatic imine (C=N–C) groups is 2. The van der Waals surface area contributed by atoms with E-state index in [4.69, 9.17) is 0 Å². The monoisotopic (exact) mass is 437 g/mol. The van der Waals surface area contributed by atoms with Gasteiger partial charge >= 0.3 is 0 Å². The molecule has 1 N–H and O–H groups in total. The summed E-state index contributed by atoms with van der Waals surface area (Å²) in [6, 6.07) is 8.61. The Morgan fingerprint density at radius 3 is 2.34 bits per heavy atom. The number of anilines is 1. The standard InChI is InChI=1S/C26H29F2N3O/c1-7-13-29-26(31-21-10-12-23(19(6)32)20(8-2)14-21)18(5)30-15-17(4)22-11-9-16(3)24(27)25(22)28/h7,9-15H,8H2,1-6H3,(H,29,31)/b13-7-,17-15+,30-18?. The summed E-state index contributed by atoms with van der Waals surface area (Å²) in [7, 11) is 0. The van der Waals surface area contributed by atoms with Crippen LogP contribution in [-0.4, -0.2) is 17.3 Å². The average molecular weight is 438 g/mol. The van der Waals surface area contributed by atoms with E-state index < -0.39 is 11.6 Å². The molecule has 0 fully saturated rings. The summed E-state index contributed by atoms with van der Waals surface area (Å²) in [5.74, 6) is -1.21. The maximum absolute atomic E-state index is 14.3. The van der Waals surface area contributed by atoms with Crippen molar-refractivity contribution < 1.29 is 13.6 Å². The number of hydrogen-bond acceptors (Lipinski definition) is 3. The predicted octanol–water partition coefficient (Wildman–Crippen LogP) is 6.90. The van der Waals surface area contributed by atoms with Crippen molar-refractivity contribution in [3.63, 3.8) is 0 Å². The molecule has 0 aromatic heterocycles. The van der Waals surface area contributed by atoms with Crippen LogP contribution in [0.3, 0.4) is 0 Å². The number of carbonyl (C=O) groups excluding carboxylic acids is 1. The Morgan fingerprint density at radius 1 is 1.03 bits per heavy atom. The number of benzene rings is 2. The van der Waals surface area contributed by atoms with Crippen molar-refractivity contribution in [3.8, 4) is 0 Å². The number of carbonyl (C=O) groups is 1. The van der Waals surface area contributed by atoms with Gasteiger partial charge in [-0.3, -0.25) is 9.79 Å². The Hall–Kier alpha value is -3.41. The first kappa shape index (κ1) is 24.9. The molecule has 0 aliphatic rings. The number of halogens is 2. The molecule has 0 unspecified atom stereocenters. The van der Waals surface area contributed by atoms with Gasteiger partial charge in [0, 0.05) is 29.2 Å². The fourth-order valence-electron chi connectivity index (χ4n) is 3.08. The third-order valence-electron chi connectivity index (χ3n) is 4.98. The van der Waals surface area contributed by atoms with Crippen molar-refractivity contribution in [1.82, 2.24) is 0 Å². The van der Waals surface area contributed by atoms with E-state index in [1.807, 2.05) is 26.0 Å². The Kier molecular flexibility index (Phi) is 8.76. The highest BCUT2D eigenvalue weighted by atomic mass is 19.2. The lowest BCUT2D eigenvalue weighted by Gasteiger charge is -2.12. The second-order valence-corrected chi connectivity index (χ2v) is 7.45. The molecule has 0 atom stereocenters. The number of amidine groups is 1. The van der Waals surface area contributed by atoms with Crippen LogP contribution in [0.15, 0.2) is 58.8 Å². The summed E-state index contributed by atoms with van der Waals surface area (Å²) in [6.45, 7) is 10.4. The molecular formula is C26H29F2N3O. The minimum atomic E-state index is -0.884. The first-order valence-electron chi connectivity index (χ1n) is 10.5. The molecule has 0 heterocycles. The van der Waals surface area contributed by atoms with Crippen LogP contribution in [0.2, 0.25) is 0 Å². The van der Waals surface area contributed by atoms with E-state index in [1.165, 1.54) is 19.2 Å². The van der Waals surface area contributed by atoms with Crippen molar-refractivity contribution >= 4 is 28.6 Å². The number of nitrogens with zero attached hydrogens (tertiary/aromatic N) is 2. The number of rotatable bonds is 7. The topological polar surface area (TPSA) is 53.8 Å². The summed E-state index contributed by atoms with van der Waals surface area (Å²) < 4.78 is 28.2. The molecular weight excluding hydrogens is 408 g/mol. The van der Waals surface area contributed by atoms with Gasteiger partial charge in [-0.1, -0.05) is 25.1 Å². The maximum atomic E-state index is 14.3. The van der Waals surface area contributed by atoms with Crippen LogP contribution >= 0.6 is 0 Å². The normalized spacial score (nSPS) is 13.1. The molecule has 6 heteroatoms.